The van der Waals surface area contributed by atoms with Crippen molar-refractivity contribution < 1.29 is 0 Å². The molecule has 1 saturated carbocycles. The van der Waals surface area contributed by atoms with Crippen LogP contribution in [0.1, 0.15) is 32.6 Å². The normalized spacial score (nSPS) is 23.4. The molecule has 160 valence electrons. The number of guanidine groups is 1. The molecule has 0 amide bonds. The lowest BCUT2D eigenvalue weighted by Crippen LogP contribution is -2.55. The number of aromatic nitrogens is 2. The number of nitrogens with zero attached hydrogens (tertiary/aromatic N) is 6. The average Bonchev–Trinajstić information content (AvgIpc) is 3.28. The van der Waals surface area contributed by atoms with E-state index in [2.05, 4.69) is 48.7 Å². The maximum absolute atomic E-state index is 5.20. The third-order valence-electron chi connectivity index (χ3n) is 6.49. The van der Waals surface area contributed by atoms with E-state index in [-0.39, 0.29) is 0 Å². The Morgan fingerprint density at radius 1 is 1.07 bits per heavy atom. The largest absolute Gasteiger partial charge is 0.357 e. The van der Waals surface area contributed by atoms with Crippen molar-refractivity contribution in [3.63, 3.8) is 0 Å². The molecule has 0 bridgehead atoms. The number of hydrogen-bond acceptors (Lipinski definition) is 6. The maximum atomic E-state index is 5.20. The van der Waals surface area contributed by atoms with Crippen molar-refractivity contribution in [2.75, 3.05) is 68.8 Å². The number of anilines is 1. The van der Waals surface area contributed by atoms with E-state index in [0.29, 0.717) is 5.54 Å². The van der Waals surface area contributed by atoms with Crippen molar-refractivity contribution in [3.05, 3.63) is 18.5 Å². The number of hydrogen-bond donors (Lipinski definition) is 1. The van der Waals surface area contributed by atoms with Gasteiger partial charge in [-0.3, -0.25) is 9.89 Å². The zero-order chi connectivity index (χ0) is 19.9. The first-order valence-corrected chi connectivity index (χ1v) is 12.3. The Labute approximate surface area is 179 Å². The molecule has 3 heterocycles. The van der Waals surface area contributed by atoms with Crippen LogP contribution in [0.5, 0.6) is 0 Å². The van der Waals surface area contributed by atoms with Gasteiger partial charge in [-0.25, -0.2) is 9.97 Å². The van der Waals surface area contributed by atoms with E-state index in [1.54, 1.807) is 0 Å². The summed E-state index contributed by atoms with van der Waals surface area (Å²) >= 11 is 2.10. The first-order valence-electron chi connectivity index (χ1n) is 11.2. The van der Waals surface area contributed by atoms with Crippen LogP contribution in [-0.2, 0) is 0 Å². The summed E-state index contributed by atoms with van der Waals surface area (Å²) in [5.41, 5.74) is 0.293. The Hall–Kier alpha value is -1.54. The fraction of sp³-hybridized carbons (Fsp3) is 0.762. The van der Waals surface area contributed by atoms with Crippen LogP contribution in [0.25, 0.3) is 0 Å². The third-order valence-corrected chi connectivity index (χ3v) is 7.43. The predicted molar refractivity (Wildman–Crippen MR) is 122 cm³/mol. The zero-order valence-corrected chi connectivity index (χ0v) is 18.5. The zero-order valence-electron chi connectivity index (χ0n) is 17.7. The fourth-order valence-electron chi connectivity index (χ4n) is 4.87. The monoisotopic (exact) mass is 417 g/mol. The predicted octanol–water partition coefficient (Wildman–Crippen LogP) is 1.93. The molecular formula is C21H35N7S. The lowest BCUT2D eigenvalue weighted by molar-refractivity contribution is 0.112. The van der Waals surface area contributed by atoms with Crippen LogP contribution in [-0.4, -0.2) is 95.1 Å². The first-order chi connectivity index (χ1) is 14.3. The lowest BCUT2D eigenvalue weighted by atomic mass is 9.95. The molecule has 8 heteroatoms. The molecule has 4 rings (SSSR count). The summed E-state index contributed by atoms with van der Waals surface area (Å²) in [6.45, 7) is 10.2. The molecule has 2 saturated heterocycles. The minimum absolute atomic E-state index is 0.293. The van der Waals surface area contributed by atoms with Crippen molar-refractivity contribution in [2.45, 2.75) is 38.1 Å². The molecule has 1 aromatic heterocycles. The van der Waals surface area contributed by atoms with E-state index in [1.807, 2.05) is 18.5 Å². The molecule has 0 unspecified atom stereocenters. The Kier molecular flexibility index (Phi) is 7.13. The van der Waals surface area contributed by atoms with Crippen LogP contribution in [0.3, 0.4) is 0 Å². The second-order valence-corrected chi connectivity index (χ2v) is 9.45. The quantitative estimate of drug-likeness (QED) is 0.580. The Bertz CT molecular complexity index is 648. The molecule has 7 nitrogen and oxygen atoms in total. The topological polar surface area (TPSA) is 59.9 Å². The van der Waals surface area contributed by atoms with Gasteiger partial charge in [0.15, 0.2) is 5.96 Å². The van der Waals surface area contributed by atoms with Crippen LogP contribution in [0.15, 0.2) is 23.5 Å². The smallest absolute Gasteiger partial charge is 0.225 e. The van der Waals surface area contributed by atoms with E-state index >= 15 is 0 Å². The standard InChI is InChI=1S/C21H35N7S/c1-2-22-19(26-10-12-27(13-11-26)20-23-8-5-9-24-20)25-18-21(6-3-4-7-21)28-14-16-29-17-15-28/h5,8-9H,2-4,6-7,10-18H2,1H3,(H,22,25). The molecule has 1 N–H and O–H groups in total. The highest BCUT2D eigenvalue weighted by molar-refractivity contribution is 7.99. The van der Waals surface area contributed by atoms with E-state index in [9.17, 15) is 0 Å². The van der Waals surface area contributed by atoms with Crippen LogP contribution in [0.2, 0.25) is 0 Å². The molecule has 2 aliphatic heterocycles. The molecule has 0 atom stereocenters. The molecular weight excluding hydrogens is 382 g/mol. The van der Waals surface area contributed by atoms with Gasteiger partial charge in [-0.15, -0.1) is 0 Å². The third kappa shape index (κ3) is 4.97. The fourth-order valence-corrected chi connectivity index (χ4v) is 5.77. The van der Waals surface area contributed by atoms with Gasteiger partial charge in [0.2, 0.25) is 5.95 Å². The number of thioether (sulfide) groups is 1. The first kappa shape index (κ1) is 20.7. The minimum Gasteiger partial charge on any atom is -0.357 e. The van der Waals surface area contributed by atoms with Gasteiger partial charge in [-0.1, -0.05) is 12.8 Å². The van der Waals surface area contributed by atoms with Gasteiger partial charge in [0.05, 0.1) is 6.54 Å². The van der Waals surface area contributed by atoms with E-state index in [4.69, 9.17) is 4.99 Å². The van der Waals surface area contributed by atoms with Gasteiger partial charge in [-0.05, 0) is 25.8 Å². The number of aliphatic imine (C=N–C) groups is 1. The summed E-state index contributed by atoms with van der Waals surface area (Å²) in [5, 5.41) is 3.55. The minimum atomic E-state index is 0.293. The number of nitrogens with one attached hydrogen (secondary N) is 1. The van der Waals surface area contributed by atoms with E-state index < -0.39 is 0 Å². The summed E-state index contributed by atoms with van der Waals surface area (Å²) in [4.78, 5) is 21.4. The summed E-state index contributed by atoms with van der Waals surface area (Å²) in [6, 6.07) is 1.87. The molecule has 0 radical (unpaired) electrons. The lowest BCUT2D eigenvalue weighted by Gasteiger charge is -2.43. The average molecular weight is 418 g/mol. The van der Waals surface area contributed by atoms with Crippen LogP contribution >= 0.6 is 11.8 Å². The van der Waals surface area contributed by atoms with E-state index in [1.165, 1.54) is 50.3 Å². The Balaban J connectivity index is 1.41. The molecule has 0 aromatic carbocycles. The molecule has 3 aliphatic rings. The van der Waals surface area contributed by atoms with Gasteiger partial charge in [0.1, 0.15) is 0 Å². The second-order valence-electron chi connectivity index (χ2n) is 8.22. The SMILES string of the molecule is CCNC(=NCC1(N2CCSCC2)CCCC1)N1CCN(c2ncccn2)CC1. The van der Waals surface area contributed by atoms with Crippen molar-refractivity contribution in [2.24, 2.45) is 4.99 Å². The molecule has 3 fully saturated rings. The highest BCUT2D eigenvalue weighted by Crippen LogP contribution is 2.37. The Morgan fingerprint density at radius 2 is 1.76 bits per heavy atom. The number of rotatable bonds is 5. The van der Waals surface area contributed by atoms with Crippen molar-refractivity contribution in [1.29, 1.82) is 0 Å². The molecule has 29 heavy (non-hydrogen) atoms. The highest BCUT2D eigenvalue weighted by atomic mass is 32.2. The van der Waals surface area contributed by atoms with Crippen LogP contribution in [0, 0.1) is 0 Å². The van der Waals surface area contributed by atoms with Gasteiger partial charge < -0.3 is 15.1 Å². The van der Waals surface area contributed by atoms with Crippen molar-refractivity contribution in [3.8, 4) is 0 Å². The summed E-state index contributed by atoms with van der Waals surface area (Å²) < 4.78 is 0. The highest BCUT2D eigenvalue weighted by Gasteiger charge is 2.40. The second kappa shape index (κ2) is 9.98. The maximum Gasteiger partial charge on any atom is 0.225 e. The van der Waals surface area contributed by atoms with Gasteiger partial charge in [0, 0.05) is 75.3 Å². The Morgan fingerprint density at radius 3 is 2.41 bits per heavy atom. The molecule has 1 aliphatic carbocycles. The van der Waals surface area contributed by atoms with Crippen molar-refractivity contribution >= 4 is 23.7 Å². The van der Waals surface area contributed by atoms with Gasteiger partial charge >= 0.3 is 0 Å². The van der Waals surface area contributed by atoms with Gasteiger partial charge in [0.25, 0.3) is 0 Å². The van der Waals surface area contributed by atoms with Gasteiger partial charge in [-0.2, -0.15) is 11.8 Å². The van der Waals surface area contributed by atoms with Crippen molar-refractivity contribution in [1.82, 2.24) is 25.1 Å². The summed E-state index contributed by atoms with van der Waals surface area (Å²) in [5.74, 6) is 4.46. The molecule has 0 spiro atoms. The summed E-state index contributed by atoms with van der Waals surface area (Å²) in [6.07, 6.45) is 8.96. The van der Waals surface area contributed by atoms with Crippen LogP contribution < -0.4 is 10.2 Å². The molecule has 1 aromatic rings. The summed E-state index contributed by atoms with van der Waals surface area (Å²) in [7, 11) is 0. The van der Waals surface area contributed by atoms with Crippen LogP contribution in [0.4, 0.5) is 5.95 Å². The number of piperazine rings is 1. The van der Waals surface area contributed by atoms with E-state index in [0.717, 1.165) is 51.2 Å².